The van der Waals surface area contributed by atoms with E-state index in [9.17, 15) is 23.1 Å². The fourth-order valence-corrected chi connectivity index (χ4v) is 4.31. The van der Waals surface area contributed by atoms with Crippen molar-refractivity contribution in [2.75, 3.05) is 11.4 Å². The van der Waals surface area contributed by atoms with Gasteiger partial charge in [0.05, 0.1) is 11.0 Å². The molecule has 1 spiro atoms. The van der Waals surface area contributed by atoms with Gasteiger partial charge in [-0.2, -0.15) is 0 Å². The lowest BCUT2D eigenvalue weighted by atomic mass is 9.66. The van der Waals surface area contributed by atoms with Gasteiger partial charge >= 0.3 is 6.36 Å². The molecule has 150 valence electrons. The minimum Gasteiger partial charge on any atom is -0.406 e. The summed E-state index contributed by atoms with van der Waals surface area (Å²) in [6, 6.07) is 5.42. The molecule has 0 aromatic heterocycles. The third-order valence-electron chi connectivity index (χ3n) is 6.03. The Labute approximate surface area is 157 Å². The number of unbranched alkanes of at least 4 members (excludes halogenated alkanes) is 1. The Morgan fingerprint density at radius 3 is 2.30 bits per heavy atom. The van der Waals surface area contributed by atoms with Crippen molar-refractivity contribution in [3.05, 3.63) is 24.3 Å². The normalized spacial score (nSPS) is 28.8. The van der Waals surface area contributed by atoms with Crippen LogP contribution in [0, 0.1) is 5.41 Å². The van der Waals surface area contributed by atoms with E-state index in [0.29, 0.717) is 37.9 Å². The first-order valence-electron chi connectivity index (χ1n) is 9.57. The van der Waals surface area contributed by atoms with Gasteiger partial charge in [-0.25, -0.2) is 0 Å². The van der Waals surface area contributed by atoms with E-state index < -0.39 is 17.4 Å². The fourth-order valence-electron chi connectivity index (χ4n) is 4.31. The summed E-state index contributed by atoms with van der Waals surface area (Å²) in [6.07, 6.45) is 1.37. The van der Waals surface area contributed by atoms with Crippen LogP contribution in [0.15, 0.2) is 24.3 Å². The zero-order valence-corrected chi connectivity index (χ0v) is 15.5. The van der Waals surface area contributed by atoms with E-state index >= 15 is 0 Å². The number of nitrogens with zero attached hydrogens (tertiary/aromatic N) is 1. The van der Waals surface area contributed by atoms with Crippen LogP contribution in [0.2, 0.25) is 0 Å². The molecule has 0 unspecified atom stereocenters. The van der Waals surface area contributed by atoms with Crippen LogP contribution in [-0.4, -0.2) is 29.5 Å². The van der Waals surface area contributed by atoms with Crippen molar-refractivity contribution >= 4 is 11.6 Å². The molecular weight excluding hydrogens is 359 g/mol. The number of halogens is 3. The maximum atomic E-state index is 13.1. The van der Waals surface area contributed by atoms with Crippen molar-refractivity contribution < 1.29 is 27.8 Å². The molecule has 0 radical (unpaired) electrons. The predicted molar refractivity (Wildman–Crippen MR) is 95.5 cm³/mol. The maximum absolute atomic E-state index is 13.1. The summed E-state index contributed by atoms with van der Waals surface area (Å²) in [6.45, 7) is 2.64. The number of amides is 1. The van der Waals surface area contributed by atoms with Gasteiger partial charge in [-0.1, -0.05) is 19.8 Å². The molecule has 1 aromatic carbocycles. The molecule has 1 amide bonds. The van der Waals surface area contributed by atoms with E-state index in [1.165, 1.54) is 24.3 Å². The minimum atomic E-state index is -4.73. The number of aliphatic hydroxyl groups is 1. The second-order valence-electron chi connectivity index (χ2n) is 7.86. The highest BCUT2D eigenvalue weighted by atomic mass is 19.4. The molecule has 27 heavy (non-hydrogen) atoms. The maximum Gasteiger partial charge on any atom is 0.573 e. The molecule has 1 heterocycles. The average molecular weight is 385 g/mol. The number of benzene rings is 1. The number of rotatable bonds is 5. The van der Waals surface area contributed by atoms with E-state index in [-0.39, 0.29) is 11.7 Å². The number of hydrogen-bond donors (Lipinski definition) is 1. The molecular formula is C20H26F3NO3. The third kappa shape index (κ3) is 4.39. The summed E-state index contributed by atoms with van der Waals surface area (Å²) in [7, 11) is 0. The molecule has 7 heteroatoms. The van der Waals surface area contributed by atoms with Crippen LogP contribution in [0.4, 0.5) is 18.9 Å². The quantitative estimate of drug-likeness (QED) is 0.792. The van der Waals surface area contributed by atoms with Crippen LogP contribution in [-0.2, 0) is 4.79 Å². The van der Waals surface area contributed by atoms with E-state index in [0.717, 1.165) is 25.7 Å². The topological polar surface area (TPSA) is 49.8 Å². The molecule has 1 aliphatic carbocycles. The van der Waals surface area contributed by atoms with Gasteiger partial charge in [0.1, 0.15) is 5.75 Å². The van der Waals surface area contributed by atoms with Crippen LogP contribution in [0.3, 0.4) is 0 Å². The molecule has 1 aromatic rings. The number of carbonyl (C=O) groups is 1. The highest BCUT2D eigenvalue weighted by Gasteiger charge is 2.51. The summed E-state index contributed by atoms with van der Waals surface area (Å²) >= 11 is 0. The lowest BCUT2D eigenvalue weighted by Crippen LogP contribution is -2.43. The highest BCUT2D eigenvalue weighted by molar-refractivity contribution is 6.00. The Morgan fingerprint density at radius 1 is 1.11 bits per heavy atom. The number of anilines is 1. The largest absolute Gasteiger partial charge is 0.573 e. The molecule has 2 fully saturated rings. The Balaban J connectivity index is 1.65. The number of hydrogen-bond acceptors (Lipinski definition) is 3. The predicted octanol–water partition coefficient (Wildman–Crippen LogP) is 4.80. The molecule has 1 saturated carbocycles. The highest BCUT2D eigenvalue weighted by Crippen LogP contribution is 2.49. The van der Waals surface area contributed by atoms with Crippen molar-refractivity contribution in [2.45, 2.75) is 70.3 Å². The zero-order chi connectivity index (χ0) is 19.7. The molecule has 3 rings (SSSR count). The Bertz CT molecular complexity index is 664. The van der Waals surface area contributed by atoms with E-state index in [1.807, 2.05) is 0 Å². The molecule has 2 aliphatic rings. The summed E-state index contributed by atoms with van der Waals surface area (Å²) in [5.41, 5.74) is -0.524. The number of carbonyl (C=O) groups excluding carboxylic acids is 1. The number of ether oxygens (including phenoxy) is 1. The van der Waals surface area contributed by atoms with Gasteiger partial charge in [0.2, 0.25) is 5.91 Å². The lowest BCUT2D eigenvalue weighted by Gasteiger charge is -2.41. The summed E-state index contributed by atoms with van der Waals surface area (Å²) < 4.78 is 40.7. The van der Waals surface area contributed by atoms with Crippen LogP contribution in [0.25, 0.3) is 0 Å². The second kappa shape index (κ2) is 7.34. The summed E-state index contributed by atoms with van der Waals surface area (Å²) in [5.74, 6) is -0.282. The van der Waals surface area contributed by atoms with Crippen LogP contribution in [0.5, 0.6) is 5.75 Å². The van der Waals surface area contributed by atoms with Crippen molar-refractivity contribution in [3.63, 3.8) is 0 Å². The van der Waals surface area contributed by atoms with Crippen molar-refractivity contribution in [2.24, 2.45) is 5.41 Å². The van der Waals surface area contributed by atoms with E-state index in [2.05, 4.69) is 11.7 Å². The van der Waals surface area contributed by atoms with E-state index in [4.69, 9.17) is 0 Å². The molecule has 1 saturated heterocycles. The Morgan fingerprint density at radius 2 is 1.74 bits per heavy atom. The summed E-state index contributed by atoms with van der Waals surface area (Å²) in [5, 5.41) is 10.7. The first-order chi connectivity index (χ1) is 12.7. The first-order valence-corrected chi connectivity index (χ1v) is 9.57. The molecule has 1 N–H and O–H groups in total. The van der Waals surface area contributed by atoms with Crippen LogP contribution >= 0.6 is 0 Å². The average Bonchev–Trinajstić information content (AvgIpc) is 2.93. The summed E-state index contributed by atoms with van der Waals surface area (Å²) in [4.78, 5) is 14.7. The zero-order valence-electron chi connectivity index (χ0n) is 15.5. The Hall–Kier alpha value is -1.76. The van der Waals surface area contributed by atoms with Crippen LogP contribution < -0.4 is 9.64 Å². The van der Waals surface area contributed by atoms with Gasteiger partial charge in [-0.3, -0.25) is 4.79 Å². The Kier molecular flexibility index (Phi) is 5.43. The standard InChI is InChI=1S/C20H26F3NO3/c1-2-3-8-19(26)11-9-18(10-12-19)13-14-24(17(18)25)15-4-6-16(7-5-15)27-20(21,22)23/h4-7,26H,2-3,8-14H2,1H3/t18-,19+. The van der Waals surface area contributed by atoms with Gasteiger partial charge in [-0.05, 0) is 62.8 Å². The molecule has 0 bridgehead atoms. The smallest absolute Gasteiger partial charge is 0.406 e. The molecule has 4 nitrogen and oxygen atoms in total. The number of alkyl halides is 3. The van der Waals surface area contributed by atoms with Crippen molar-refractivity contribution in [1.82, 2.24) is 0 Å². The molecule has 1 aliphatic heterocycles. The fraction of sp³-hybridized carbons (Fsp3) is 0.650. The SMILES string of the molecule is CCCC[C@]1(O)CC[C@]2(CCN(c3ccc(OC(F)(F)F)cc3)C2=O)CC1. The first kappa shape index (κ1) is 20.0. The van der Waals surface area contributed by atoms with Gasteiger partial charge in [0.15, 0.2) is 0 Å². The lowest BCUT2D eigenvalue weighted by molar-refractivity contribution is -0.274. The van der Waals surface area contributed by atoms with Gasteiger partial charge in [0.25, 0.3) is 0 Å². The van der Waals surface area contributed by atoms with Crippen molar-refractivity contribution in [3.8, 4) is 5.75 Å². The monoisotopic (exact) mass is 385 g/mol. The second-order valence-corrected chi connectivity index (χ2v) is 7.86. The third-order valence-corrected chi connectivity index (χ3v) is 6.03. The van der Waals surface area contributed by atoms with Crippen molar-refractivity contribution in [1.29, 1.82) is 0 Å². The van der Waals surface area contributed by atoms with Crippen LogP contribution in [0.1, 0.15) is 58.3 Å². The van der Waals surface area contributed by atoms with Gasteiger partial charge in [-0.15, -0.1) is 13.2 Å². The minimum absolute atomic E-state index is 0.0181. The molecule has 0 atom stereocenters. The van der Waals surface area contributed by atoms with Gasteiger partial charge in [0, 0.05) is 12.2 Å². The van der Waals surface area contributed by atoms with E-state index in [1.54, 1.807) is 4.90 Å². The van der Waals surface area contributed by atoms with Gasteiger partial charge < -0.3 is 14.7 Å².